The molecule has 0 spiro atoms. The molecule has 3 rings (SSSR count). The van der Waals surface area contributed by atoms with Gasteiger partial charge >= 0.3 is 0 Å². The highest BCUT2D eigenvalue weighted by Crippen LogP contribution is 2.20. The monoisotopic (exact) mass is 490 g/mol. The van der Waals surface area contributed by atoms with Crippen molar-refractivity contribution in [2.45, 2.75) is 32.2 Å². The first-order valence-electron chi connectivity index (χ1n) is 9.70. The molecule has 3 heterocycles. The number of pyridine rings is 1. The quantitative estimate of drug-likeness (QED) is 0.377. The first-order chi connectivity index (χ1) is 12.7. The fourth-order valence-electron chi connectivity index (χ4n) is 3.89. The molecule has 2 N–H and O–H groups in total. The first-order valence-corrected chi connectivity index (χ1v) is 9.70. The number of piperidine rings is 1. The summed E-state index contributed by atoms with van der Waals surface area (Å²) >= 11 is 0. The minimum Gasteiger partial charge on any atom is -0.355 e. The van der Waals surface area contributed by atoms with Gasteiger partial charge in [0.05, 0.1) is 0 Å². The van der Waals surface area contributed by atoms with Crippen LogP contribution in [-0.4, -0.2) is 68.2 Å². The van der Waals surface area contributed by atoms with Crippen molar-refractivity contribution in [3.8, 4) is 0 Å². The van der Waals surface area contributed by atoms with E-state index in [0.717, 1.165) is 44.5 Å². The molecule has 2 unspecified atom stereocenters. The van der Waals surface area contributed by atoms with Crippen LogP contribution in [0.5, 0.6) is 0 Å². The number of guanidine groups is 1. The van der Waals surface area contributed by atoms with Gasteiger partial charge in [-0.05, 0) is 43.9 Å². The van der Waals surface area contributed by atoms with Crippen molar-refractivity contribution >= 4 is 35.8 Å². The van der Waals surface area contributed by atoms with E-state index in [0.29, 0.717) is 5.82 Å². The van der Waals surface area contributed by atoms with Gasteiger partial charge in [0.2, 0.25) is 0 Å². The second kappa shape index (κ2) is 11.0. The molecule has 8 heteroatoms. The average molecular weight is 490 g/mol. The molecule has 0 bridgehead atoms. The van der Waals surface area contributed by atoms with Gasteiger partial charge < -0.3 is 20.4 Å². The molecule has 152 valence electrons. The van der Waals surface area contributed by atoms with Crippen molar-refractivity contribution in [1.29, 1.82) is 0 Å². The summed E-state index contributed by atoms with van der Waals surface area (Å²) < 4.78 is 13.9. The van der Waals surface area contributed by atoms with E-state index in [1.54, 1.807) is 19.3 Å². The summed E-state index contributed by atoms with van der Waals surface area (Å²) in [6.07, 6.45) is 5.24. The average Bonchev–Trinajstić information content (AvgIpc) is 3.09. The number of hydrogen-bond acceptors (Lipinski definition) is 4. The maximum Gasteiger partial charge on any atom is 0.191 e. The van der Waals surface area contributed by atoms with Crippen LogP contribution in [0.3, 0.4) is 0 Å². The fourth-order valence-corrected chi connectivity index (χ4v) is 3.89. The van der Waals surface area contributed by atoms with Crippen molar-refractivity contribution in [2.75, 3.05) is 51.2 Å². The van der Waals surface area contributed by atoms with E-state index in [1.807, 2.05) is 4.90 Å². The minimum atomic E-state index is -0.258. The van der Waals surface area contributed by atoms with Gasteiger partial charge in [0, 0.05) is 52.0 Å². The maximum absolute atomic E-state index is 13.9. The third-order valence-corrected chi connectivity index (χ3v) is 5.25. The van der Waals surface area contributed by atoms with Crippen LogP contribution in [0.2, 0.25) is 0 Å². The molecule has 2 aliphatic heterocycles. The number of aliphatic imine (C=N–C) groups is 1. The lowest BCUT2D eigenvalue weighted by Crippen LogP contribution is -2.47. The molecule has 2 aliphatic rings. The van der Waals surface area contributed by atoms with Crippen molar-refractivity contribution in [2.24, 2.45) is 10.9 Å². The van der Waals surface area contributed by atoms with Crippen LogP contribution in [0.25, 0.3) is 0 Å². The number of halogens is 2. The summed E-state index contributed by atoms with van der Waals surface area (Å²) in [5.41, 5.74) is 0. The van der Waals surface area contributed by atoms with Crippen molar-refractivity contribution < 1.29 is 4.39 Å². The second-order valence-corrected chi connectivity index (χ2v) is 7.43. The number of aromatic nitrogens is 1. The summed E-state index contributed by atoms with van der Waals surface area (Å²) in [7, 11) is 1.80. The molecule has 0 radical (unpaired) electrons. The normalized spacial score (nSPS) is 23.8. The molecule has 0 aromatic carbocycles. The van der Waals surface area contributed by atoms with Crippen molar-refractivity contribution in [1.82, 2.24) is 20.5 Å². The summed E-state index contributed by atoms with van der Waals surface area (Å²) in [5.74, 6) is 1.81. The SMILES string of the molecule is CN=C(NCCN1CCCC(C)C1)NC1CCN(c2ncccc2F)C1.I. The number of hydrogen-bond donors (Lipinski definition) is 2. The lowest BCUT2D eigenvalue weighted by molar-refractivity contribution is 0.187. The summed E-state index contributed by atoms with van der Waals surface area (Å²) in [6.45, 7) is 8.19. The Hall–Kier alpha value is -1.16. The number of likely N-dealkylation sites (tertiary alicyclic amines) is 1. The van der Waals surface area contributed by atoms with Crippen molar-refractivity contribution in [3.05, 3.63) is 24.1 Å². The molecule has 0 aliphatic carbocycles. The van der Waals surface area contributed by atoms with Gasteiger partial charge in [-0.2, -0.15) is 0 Å². The molecule has 2 fully saturated rings. The van der Waals surface area contributed by atoms with Crippen LogP contribution < -0.4 is 15.5 Å². The van der Waals surface area contributed by atoms with E-state index in [1.165, 1.54) is 32.0 Å². The van der Waals surface area contributed by atoms with Crippen LogP contribution >= 0.6 is 24.0 Å². The zero-order chi connectivity index (χ0) is 18.4. The Bertz CT molecular complexity index is 614. The van der Waals surface area contributed by atoms with E-state index in [-0.39, 0.29) is 35.8 Å². The van der Waals surface area contributed by atoms with E-state index >= 15 is 0 Å². The highest BCUT2D eigenvalue weighted by atomic mass is 127. The van der Waals surface area contributed by atoms with E-state index in [2.05, 4.69) is 32.4 Å². The Kier molecular flexibility index (Phi) is 9.01. The van der Waals surface area contributed by atoms with Crippen LogP contribution in [0, 0.1) is 11.7 Å². The predicted octanol–water partition coefficient (Wildman–Crippen LogP) is 2.31. The van der Waals surface area contributed by atoms with Gasteiger partial charge in [-0.15, -0.1) is 24.0 Å². The third-order valence-electron chi connectivity index (χ3n) is 5.25. The van der Waals surface area contributed by atoms with Crippen LogP contribution in [0.15, 0.2) is 23.3 Å². The molecule has 0 saturated carbocycles. The van der Waals surface area contributed by atoms with Crippen LogP contribution in [0.1, 0.15) is 26.2 Å². The number of anilines is 1. The Morgan fingerprint density at radius 1 is 1.33 bits per heavy atom. The zero-order valence-electron chi connectivity index (χ0n) is 16.3. The molecule has 1 aromatic heterocycles. The molecule has 0 amide bonds. The molecule has 2 atom stereocenters. The van der Waals surface area contributed by atoms with Crippen LogP contribution in [0.4, 0.5) is 10.2 Å². The number of nitrogens with zero attached hydrogens (tertiary/aromatic N) is 4. The van der Waals surface area contributed by atoms with Gasteiger partial charge in [-0.1, -0.05) is 6.92 Å². The molecule has 27 heavy (non-hydrogen) atoms. The lowest BCUT2D eigenvalue weighted by atomic mass is 10.0. The minimum absolute atomic E-state index is 0. The van der Waals surface area contributed by atoms with Gasteiger partial charge in [-0.25, -0.2) is 9.37 Å². The van der Waals surface area contributed by atoms with Gasteiger partial charge in [0.1, 0.15) is 0 Å². The maximum atomic E-state index is 13.9. The van der Waals surface area contributed by atoms with Crippen LogP contribution in [-0.2, 0) is 0 Å². The number of rotatable bonds is 5. The van der Waals surface area contributed by atoms with Gasteiger partial charge in [-0.3, -0.25) is 4.99 Å². The standard InChI is InChI=1S/C19H31FN6.HI/c1-15-5-4-10-25(13-15)12-9-23-19(21-2)24-16-7-11-26(14-16)18-17(20)6-3-8-22-18;/h3,6,8,15-16H,4-5,7,9-14H2,1-2H3,(H2,21,23,24);1H. The third kappa shape index (κ3) is 6.44. The van der Waals surface area contributed by atoms with E-state index in [4.69, 9.17) is 0 Å². The first kappa shape index (κ1) is 22.1. The fraction of sp³-hybridized carbons (Fsp3) is 0.684. The Labute approximate surface area is 179 Å². The smallest absolute Gasteiger partial charge is 0.191 e. The highest BCUT2D eigenvalue weighted by Gasteiger charge is 2.26. The largest absolute Gasteiger partial charge is 0.355 e. The topological polar surface area (TPSA) is 55.8 Å². The highest BCUT2D eigenvalue weighted by molar-refractivity contribution is 14.0. The van der Waals surface area contributed by atoms with Gasteiger partial charge in [0.25, 0.3) is 0 Å². The molecular formula is C19H32FIN6. The molecular weight excluding hydrogens is 458 g/mol. The number of nitrogens with one attached hydrogen (secondary N) is 2. The second-order valence-electron chi connectivity index (χ2n) is 7.43. The van der Waals surface area contributed by atoms with Gasteiger partial charge in [0.15, 0.2) is 17.6 Å². The Morgan fingerprint density at radius 2 is 2.19 bits per heavy atom. The predicted molar refractivity (Wildman–Crippen MR) is 120 cm³/mol. The van der Waals surface area contributed by atoms with E-state index in [9.17, 15) is 4.39 Å². The summed E-state index contributed by atoms with van der Waals surface area (Å²) in [4.78, 5) is 13.0. The Morgan fingerprint density at radius 3 is 2.93 bits per heavy atom. The zero-order valence-corrected chi connectivity index (χ0v) is 18.7. The van der Waals surface area contributed by atoms with E-state index < -0.39 is 0 Å². The molecule has 2 saturated heterocycles. The van der Waals surface area contributed by atoms with Crippen molar-refractivity contribution in [3.63, 3.8) is 0 Å². The molecule has 1 aromatic rings. The summed E-state index contributed by atoms with van der Waals surface area (Å²) in [5, 5.41) is 6.87. The summed E-state index contributed by atoms with van der Waals surface area (Å²) in [6, 6.07) is 3.34. The Balaban J connectivity index is 0.00000261. The molecule has 6 nitrogen and oxygen atoms in total. The lowest BCUT2D eigenvalue weighted by Gasteiger charge is -2.31.